The summed E-state index contributed by atoms with van der Waals surface area (Å²) in [4.78, 5) is 26.2. The fourth-order valence-electron chi connectivity index (χ4n) is 1.93. The number of nitrogens with zero attached hydrogens (tertiary/aromatic N) is 1. The lowest BCUT2D eigenvalue weighted by Gasteiger charge is -2.02. The van der Waals surface area contributed by atoms with Crippen molar-refractivity contribution in [1.82, 2.24) is 9.38 Å². The molecule has 2 heterocycles. The predicted octanol–water partition coefficient (Wildman–Crippen LogP) is 2.32. The maximum Gasteiger partial charge on any atom is 0.262 e. The molecule has 19 heavy (non-hydrogen) atoms. The van der Waals surface area contributed by atoms with Gasteiger partial charge in [-0.1, -0.05) is 22.9 Å². The van der Waals surface area contributed by atoms with E-state index in [2.05, 4.69) is 4.98 Å². The van der Waals surface area contributed by atoms with Gasteiger partial charge in [-0.15, -0.1) is 0 Å². The van der Waals surface area contributed by atoms with E-state index >= 15 is 0 Å². The molecule has 0 radical (unpaired) electrons. The Morgan fingerprint density at radius 3 is 2.89 bits per heavy atom. The van der Waals surface area contributed by atoms with Crippen LogP contribution in [0.5, 0.6) is 0 Å². The van der Waals surface area contributed by atoms with Crippen LogP contribution < -0.4 is 11.3 Å². The number of halogens is 1. The highest BCUT2D eigenvalue weighted by molar-refractivity contribution is 7.73. The number of hydrogen-bond acceptors (Lipinski definition) is 4. The Kier molecular flexibility index (Phi) is 2.70. The first-order valence-electron chi connectivity index (χ1n) is 5.16. The Labute approximate surface area is 120 Å². The summed E-state index contributed by atoms with van der Waals surface area (Å²) < 4.78 is 2.06. The molecule has 0 atom stereocenters. The van der Waals surface area contributed by atoms with Crippen LogP contribution in [0.3, 0.4) is 0 Å². The Morgan fingerprint density at radius 2 is 2.21 bits per heavy atom. The molecule has 0 saturated heterocycles. The van der Waals surface area contributed by atoms with E-state index in [9.17, 15) is 9.59 Å². The third-order valence-electron chi connectivity index (χ3n) is 2.71. The SMILES string of the molecule is NC(=O)c1sc(=S)n2c1[nH]c(=O)c1cc(Cl)ccc12. The summed E-state index contributed by atoms with van der Waals surface area (Å²) in [7, 11) is 0. The van der Waals surface area contributed by atoms with Crippen molar-refractivity contribution in [2.45, 2.75) is 0 Å². The van der Waals surface area contributed by atoms with E-state index in [1.165, 1.54) is 0 Å². The highest BCUT2D eigenvalue weighted by atomic mass is 35.5. The van der Waals surface area contributed by atoms with Crippen molar-refractivity contribution < 1.29 is 4.79 Å². The van der Waals surface area contributed by atoms with Crippen LogP contribution in [0, 0.1) is 3.95 Å². The largest absolute Gasteiger partial charge is 0.365 e. The second kappa shape index (κ2) is 4.16. The molecule has 0 aliphatic carbocycles. The van der Waals surface area contributed by atoms with Gasteiger partial charge in [0.1, 0.15) is 10.5 Å². The van der Waals surface area contributed by atoms with E-state index in [0.717, 1.165) is 11.3 Å². The third kappa shape index (κ3) is 1.78. The van der Waals surface area contributed by atoms with Crippen LogP contribution in [0.2, 0.25) is 5.02 Å². The number of nitrogens with one attached hydrogen (secondary N) is 1. The summed E-state index contributed by atoms with van der Waals surface area (Å²) in [6.45, 7) is 0. The van der Waals surface area contributed by atoms with Gasteiger partial charge in [-0.2, -0.15) is 0 Å². The first-order chi connectivity index (χ1) is 8.99. The van der Waals surface area contributed by atoms with Crippen LogP contribution in [0.15, 0.2) is 23.0 Å². The van der Waals surface area contributed by atoms with E-state index in [4.69, 9.17) is 29.6 Å². The zero-order valence-corrected chi connectivity index (χ0v) is 11.7. The van der Waals surface area contributed by atoms with Crippen molar-refractivity contribution in [3.8, 4) is 0 Å². The minimum Gasteiger partial charge on any atom is -0.365 e. The van der Waals surface area contributed by atoms with Gasteiger partial charge in [0.15, 0.2) is 3.95 Å². The van der Waals surface area contributed by atoms with Crippen LogP contribution in [-0.2, 0) is 0 Å². The fraction of sp³-hybridized carbons (Fsp3) is 0. The summed E-state index contributed by atoms with van der Waals surface area (Å²) in [6.07, 6.45) is 0. The molecule has 3 aromatic rings. The molecule has 0 saturated carbocycles. The highest BCUT2D eigenvalue weighted by Gasteiger charge is 2.15. The molecule has 0 bridgehead atoms. The second-order valence-corrected chi connectivity index (χ2v) is 5.94. The molecule has 96 valence electrons. The Morgan fingerprint density at radius 1 is 1.47 bits per heavy atom. The van der Waals surface area contributed by atoms with Crippen LogP contribution in [0.4, 0.5) is 0 Å². The topological polar surface area (TPSA) is 80.4 Å². The van der Waals surface area contributed by atoms with Gasteiger partial charge in [0, 0.05) is 5.02 Å². The van der Waals surface area contributed by atoms with Crippen molar-refractivity contribution in [3.63, 3.8) is 0 Å². The predicted molar refractivity (Wildman–Crippen MR) is 77.8 cm³/mol. The number of amides is 1. The number of H-pyrrole nitrogens is 1. The molecular formula is C11H6ClN3O2S2. The summed E-state index contributed by atoms with van der Waals surface area (Å²) in [5.74, 6) is -0.623. The first-order valence-corrected chi connectivity index (χ1v) is 6.76. The molecule has 3 rings (SSSR count). The molecule has 1 amide bonds. The minimum atomic E-state index is -0.623. The Bertz CT molecular complexity index is 954. The summed E-state index contributed by atoms with van der Waals surface area (Å²) >= 11 is 12.2. The van der Waals surface area contributed by atoms with Gasteiger partial charge in [0.05, 0.1) is 10.9 Å². The summed E-state index contributed by atoms with van der Waals surface area (Å²) in [6, 6.07) is 4.90. The monoisotopic (exact) mass is 311 g/mol. The van der Waals surface area contributed by atoms with Gasteiger partial charge in [0.25, 0.3) is 11.5 Å². The smallest absolute Gasteiger partial charge is 0.262 e. The Hall–Kier alpha value is -1.70. The van der Waals surface area contributed by atoms with Crippen molar-refractivity contribution in [2.75, 3.05) is 0 Å². The molecule has 3 N–H and O–H groups in total. The van der Waals surface area contributed by atoms with Crippen molar-refractivity contribution in [3.05, 3.63) is 42.4 Å². The number of hydrogen-bond donors (Lipinski definition) is 2. The van der Waals surface area contributed by atoms with Gasteiger partial charge in [-0.3, -0.25) is 14.0 Å². The fourth-order valence-corrected chi connectivity index (χ4v) is 3.34. The zero-order chi connectivity index (χ0) is 13.7. The number of carbonyl (C=O) groups excluding carboxylic acids is 1. The van der Waals surface area contributed by atoms with Crippen molar-refractivity contribution in [1.29, 1.82) is 0 Å². The minimum absolute atomic E-state index is 0.235. The first kappa shape index (κ1) is 12.3. The number of primary amides is 1. The average molecular weight is 312 g/mol. The van der Waals surface area contributed by atoms with E-state index in [1.54, 1.807) is 22.6 Å². The summed E-state index contributed by atoms with van der Waals surface area (Å²) in [5.41, 5.74) is 5.86. The van der Waals surface area contributed by atoms with Crippen LogP contribution >= 0.6 is 35.2 Å². The van der Waals surface area contributed by atoms with Crippen LogP contribution in [-0.4, -0.2) is 15.3 Å². The van der Waals surface area contributed by atoms with Gasteiger partial charge < -0.3 is 10.7 Å². The van der Waals surface area contributed by atoms with Crippen LogP contribution in [0.25, 0.3) is 16.6 Å². The molecule has 8 heteroatoms. The molecule has 0 spiro atoms. The molecule has 5 nitrogen and oxygen atoms in total. The number of carbonyl (C=O) groups is 1. The molecule has 0 aliphatic rings. The second-order valence-electron chi connectivity index (χ2n) is 3.86. The van der Waals surface area contributed by atoms with Gasteiger partial charge >= 0.3 is 0 Å². The number of aromatic nitrogens is 2. The van der Waals surface area contributed by atoms with E-state index in [1.807, 2.05) is 0 Å². The lowest BCUT2D eigenvalue weighted by atomic mass is 10.2. The number of nitrogens with two attached hydrogens (primary N) is 1. The number of fused-ring (bicyclic) bond motifs is 3. The van der Waals surface area contributed by atoms with Gasteiger partial charge in [-0.25, -0.2) is 0 Å². The maximum atomic E-state index is 12.0. The van der Waals surface area contributed by atoms with Gasteiger partial charge in [0.2, 0.25) is 0 Å². The standard InChI is InChI=1S/C11H6ClN3O2S2/c12-4-1-2-6-5(3-4)10(17)14-9-7(8(13)16)19-11(18)15(6)9/h1-3H,(H2,13,16)(H,14,17). The third-order valence-corrected chi connectivity index (χ3v) is 4.33. The molecule has 0 aliphatic heterocycles. The lowest BCUT2D eigenvalue weighted by molar-refractivity contribution is 0.100. The maximum absolute atomic E-state index is 12.0. The molecular weight excluding hydrogens is 306 g/mol. The number of benzene rings is 1. The highest BCUT2D eigenvalue weighted by Crippen LogP contribution is 2.23. The van der Waals surface area contributed by atoms with E-state index < -0.39 is 5.91 Å². The Balaban J connectivity index is 2.66. The normalized spacial score (nSPS) is 11.2. The molecule has 0 unspecified atom stereocenters. The summed E-state index contributed by atoms with van der Waals surface area (Å²) in [5, 5.41) is 0.860. The van der Waals surface area contributed by atoms with Crippen molar-refractivity contribution in [2.24, 2.45) is 5.73 Å². The average Bonchev–Trinajstić information content (AvgIpc) is 2.67. The molecule has 2 aromatic heterocycles. The quantitative estimate of drug-likeness (QED) is 0.677. The lowest BCUT2D eigenvalue weighted by Crippen LogP contribution is -2.14. The zero-order valence-electron chi connectivity index (χ0n) is 9.27. The van der Waals surface area contributed by atoms with Crippen LogP contribution in [0.1, 0.15) is 9.67 Å². The molecule has 1 aromatic carbocycles. The number of thiazole rings is 1. The van der Waals surface area contributed by atoms with E-state index in [0.29, 0.717) is 25.5 Å². The number of aromatic amines is 1. The number of rotatable bonds is 1. The molecule has 0 fully saturated rings. The van der Waals surface area contributed by atoms with Crippen molar-refractivity contribution >= 4 is 57.6 Å². The van der Waals surface area contributed by atoms with Gasteiger partial charge in [-0.05, 0) is 30.4 Å². The van der Waals surface area contributed by atoms with E-state index in [-0.39, 0.29) is 10.4 Å².